The summed E-state index contributed by atoms with van der Waals surface area (Å²) in [7, 11) is 0. The van der Waals surface area contributed by atoms with Crippen molar-refractivity contribution in [3.8, 4) is 0 Å². The first-order chi connectivity index (χ1) is 8.74. The molecule has 3 unspecified atom stereocenters. The van der Waals surface area contributed by atoms with Crippen LogP contribution >= 0.6 is 0 Å². The smallest absolute Gasteiger partial charge is 0.0244 e. The van der Waals surface area contributed by atoms with E-state index in [-0.39, 0.29) is 0 Å². The summed E-state index contributed by atoms with van der Waals surface area (Å²) >= 11 is 0. The Morgan fingerprint density at radius 2 is 1.84 bits per heavy atom. The van der Waals surface area contributed by atoms with Gasteiger partial charge in [0.15, 0.2) is 0 Å². The van der Waals surface area contributed by atoms with Gasteiger partial charge in [-0.25, -0.2) is 0 Å². The van der Waals surface area contributed by atoms with E-state index >= 15 is 0 Å². The molecular formula is C17H36N2. The normalized spacial score (nSPS) is 27.8. The molecular weight excluding hydrogens is 232 g/mol. The van der Waals surface area contributed by atoms with Crippen LogP contribution < -0.4 is 5.32 Å². The molecule has 19 heavy (non-hydrogen) atoms. The minimum Gasteiger partial charge on any atom is -0.311 e. The van der Waals surface area contributed by atoms with Gasteiger partial charge in [0.05, 0.1) is 0 Å². The second kappa shape index (κ2) is 7.08. The quantitative estimate of drug-likeness (QED) is 0.816. The van der Waals surface area contributed by atoms with Crippen LogP contribution in [0.15, 0.2) is 0 Å². The lowest BCUT2D eigenvalue weighted by atomic mass is 9.89. The predicted octanol–water partition coefficient (Wildman–Crippen LogP) is 3.77. The monoisotopic (exact) mass is 268 g/mol. The minimum absolute atomic E-state index is 0.443. The van der Waals surface area contributed by atoms with Crippen LogP contribution in [-0.2, 0) is 0 Å². The highest BCUT2D eigenvalue weighted by atomic mass is 15.2. The van der Waals surface area contributed by atoms with Crippen molar-refractivity contribution >= 4 is 0 Å². The molecule has 0 amide bonds. The lowest BCUT2D eigenvalue weighted by Crippen LogP contribution is -2.60. The van der Waals surface area contributed by atoms with Gasteiger partial charge >= 0.3 is 0 Å². The van der Waals surface area contributed by atoms with E-state index in [4.69, 9.17) is 0 Å². The zero-order valence-electron chi connectivity index (χ0n) is 14.3. The molecule has 0 aromatic carbocycles. The van der Waals surface area contributed by atoms with Crippen molar-refractivity contribution in [2.75, 3.05) is 19.6 Å². The fourth-order valence-electron chi connectivity index (χ4n) is 2.91. The molecule has 1 aliphatic rings. The van der Waals surface area contributed by atoms with Gasteiger partial charge in [0.2, 0.25) is 0 Å². The van der Waals surface area contributed by atoms with Gasteiger partial charge in [0.25, 0.3) is 0 Å². The standard InChI is InChI=1S/C17H36N2/c1-8-14(4)15-12-19(10-9-17(5,6)7)16(11-18-15)13(2)3/h13-16,18H,8-12H2,1-7H3. The predicted molar refractivity (Wildman–Crippen MR) is 85.5 cm³/mol. The van der Waals surface area contributed by atoms with E-state index in [9.17, 15) is 0 Å². The van der Waals surface area contributed by atoms with Crippen molar-refractivity contribution in [2.24, 2.45) is 17.3 Å². The second-order valence-electron chi connectivity index (χ2n) is 8.02. The van der Waals surface area contributed by atoms with Gasteiger partial charge < -0.3 is 5.32 Å². The van der Waals surface area contributed by atoms with Crippen LogP contribution in [0.25, 0.3) is 0 Å². The Morgan fingerprint density at radius 1 is 1.21 bits per heavy atom. The first-order valence-corrected chi connectivity index (χ1v) is 8.22. The molecule has 114 valence electrons. The Kier molecular flexibility index (Phi) is 6.32. The molecule has 2 nitrogen and oxygen atoms in total. The molecule has 0 radical (unpaired) electrons. The lowest BCUT2D eigenvalue weighted by molar-refractivity contribution is 0.0718. The molecule has 1 N–H and O–H groups in total. The number of rotatable bonds is 5. The third-order valence-electron chi connectivity index (χ3n) is 4.74. The van der Waals surface area contributed by atoms with Crippen molar-refractivity contribution in [1.29, 1.82) is 0 Å². The first kappa shape index (κ1) is 17.0. The van der Waals surface area contributed by atoms with Crippen molar-refractivity contribution in [2.45, 2.75) is 73.4 Å². The van der Waals surface area contributed by atoms with Gasteiger partial charge in [-0.2, -0.15) is 0 Å². The lowest BCUT2D eigenvalue weighted by Gasteiger charge is -2.45. The number of hydrogen-bond donors (Lipinski definition) is 1. The zero-order valence-corrected chi connectivity index (χ0v) is 14.3. The number of nitrogens with zero attached hydrogens (tertiary/aromatic N) is 1. The molecule has 2 heteroatoms. The SMILES string of the molecule is CCC(C)C1CN(CCC(C)(C)C)C(C(C)C)CN1. The highest BCUT2D eigenvalue weighted by molar-refractivity contribution is 4.90. The second-order valence-corrected chi connectivity index (χ2v) is 8.02. The maximum absolute atomic E-state index is 3.79. The maximum atomic E-state index is 3.79. The first-order valence-electron chi connectivity index (χ1n) is 8.22. The van der Waals surface area contributed by atoms with Crippen molar-refractivity contribution in [3.63, 3.8) is 0 Å². The van der Waals surface area contributed by atoms with Gasteiger partial charge in [-0.3, -0.25) is 4.90 Å². The molecule has 0 aliphatic carbocycles. The molecule has 3 atom stereocenters. The molecule has 0 bridgehead atoms. The molecule has 0 spiro atoms. The van der Waals surface area contributed by atoms with Crippen LogP contribution in [0.5, 0.6) is 0 Å². The van der Waals surface area contributed by atoms with Crippen LogP contribution in [0.4, 0.5) is 0 Å². The van der Waals surface area contributed by atoms with Crippen LogP contribution in [0.1, 0.15) is 61.3 Å². The summed E-state index contributed by atoms with van der Waals surface area (Å²) in [6.45, 7) is 20.1. The number of hydrogen-bond acceptors (Lipinski definition) is 2. The summed E-state index contributed by atoms with van der Waals surface area (Å²) < 4.78 is 0. The summed E-state index contributed by atoms with van der Waals surface area (Å²) in [6.07, 6.45) is 2.57. The van der Waals surface area contributed by atoms with Gasteiger partial charge in [-0.15, -0.1) is 0 Å². The summed E-state index contributed by atoms with van der Waals surface area (Å²) in [5.41, 5.74) is 0.443. The van der Waals surface area contributed by atoms with Gasteiger partial charge in [-0.05, 0) is 30.2 Å². The van der Waals surface area contributed by atoms with Crippen LogP contribution in [0, 0.1) is 17.3 Å². The van der Waals surface area contributed by atoms with E-state index in [2.05, 4.69) is 58.7 Å². The maximum Gasteiger partial charge on any atom is 0.0244 e. The Labute approximate surface area is 121 Å². The highest BCUT2D eigenvalue weighted by Gasteiger charge is 2.31. The summed E-state index contributed by atoms with van der Waals surface area (Å²) in [6, 6.07) is 1.39. The topological polar surface area (TPSA) is 15.3 Å². The Hall–Kier alpha value is -0.0800. The average molecular weight is 268 g/mol. The van der Waals surface area contributed by atoms with Gasteiger partial charge in [-0.1, -0.05) is 54.9 Å². The van der Waals surface area contributed by atoms with E-state index in [0.717, 1.165) is 18.4 Å². The largest absolute Gasteiger partial charge is 0.311 e. The molecule has 1 rings (SSSR count). The van der Waals surface area contributed by atoms with E-state index in [0.29, 0.717) is 17.5 Å². The molecule has 0 aromatic rings. The van der Waals surface area contributed by atoms with Crippen molar-refractivity contribution in [3.05, 3.63) is 0 Å². The molecule has 0 aromatic heterocycles. The third kappa shape index (κ3) is 5.43. The minimum atomic E-state index is 0.443. The fraction of sp³-hybridized carbons (Fsp3) is 1.00. The van der Waals surface area contributed by atoms with E-state index in [1.165, 1.54) is 25.9 Å². The van der Waals surface area contributed by atoms with E-state index < -0.39 is 0 Å². The molecule has 1 fully saturated rings. The number of nitrogens with one attached hydrogen (secondary N) is 1. The van der Waals surface area contributed by atoms with E-state index in [1.807, 2.05) is 0 Å². The summed E-state index contributed by atoms with van der Waals surface area (Å²) in [4.78, 5) is 2.75. The molecule has 1 aliphatic heterocycles. The van der Waals surface area contributed by atoms with Crippen molar-refractivity contribution in [1.82, 2.24) is 10.2 Å². The van der Waals surface area contributed by atoms with Gasteiger partial charge in [0, 0.05) is 25.2 Å². The van der Waals surface area contributed by atoms with E-state index in [1.54, 1.807) is 0 Å². The Morgan fingerprint density at radius 3 is 2.32 bits per heavy atom. The van der Waals surface area contributed by atoms with Crippen LogP contribution in [-0.4, -0.2) is 36.6 Å². The molecule has 1 heterocycles. The zero-order chi connectivity index (χ0) is 14.6. The summed E-state index contributed by atoms with van der Waals surface area (Å²) in [5, 5.41) is 3.79. The summed E-state index contributed by atoms with van der Waals surface area (Å²) in [5.74, 6) is 1.52. The Bertz CT molecular complexity index is 254. The molecule has 0 saturated carbocycles. The van der Waals surface area contributed by atoms with Crippen molar-refractivity contribution < 1.29 is 0 Å². The fourth-order valence-corrected chi connectivity index (χ4v) is 2.91. The highest BCUT2D eigenvalue weighted by Crippen LogP contribution is 2.24. The third-order valence-corrected chi connectivity index (χ3v) is 4.74. The average Bonchev–Trinajstić information content (AvgIpc) is 2.34. The van der Waals surface area contributed by atoms with Crippen LogP contribution in [0.2, 0.25) is 0 Å². The van der Waals surface area contributed by atoms with Crippen LogP contribution in [0.3, 0.4) is 0 Å². The number of piperazine rings is 1. The Balaban J connectivity index is 2.62. The molecule has 1 saturated heterocycles. The van der Waals surface area contributed by atoms with Gasteiger partial charge in [0.1, 0.15) is 0 Å².